The summed E-state index contributed by atoms with van der Waals surface area (Å²) in [6.45, 7) is 4.00. The van der Waals surface area contributed by atoms with Crippen molar-refractivity contribution in [2.75, 3.05) is 6.54 Å². The van der Waals surface area contributed by atoms with Crippen molar-refractivity contribution in [3.8, 4) is 0 Å². The van der Waals surface area contributed by atoms with Gasteiger partial charge in [0.05, 0.1) is 5.41 Å². The summed E-state index contributed by atoms with van der Waals surface area (Å²) in [5, 5.41) is 5.34. The smallest absolute Gasteiger partial charge is 0.315 e. The molecule has 0 saturated heterocycles. The van der Waals surface area contributed by atoms with Gasteiger partial charge in [-0.1, -0.05) is 28.1 Å². The van der Waals surface area contributed by atoms with E-state index in [9.17, 15) is 9.59 Å². The van der Waals surface area contributed by atoms with Crippen LogP contribution in [0.3, 0.4) is 0 Å². The van der Waals surface area contributed by atoms with Crippen molar-refractivity contribution < 1.29 is 9.59 Å². The quantitative estimate of drug-likeness (QED) is 0.769. The minimum atomic E-state index is -0.755. The average Bonchev–Trinajstić information content (AvgIpc) is 2.35. The number of nitrogens with one attached hydrogen (secondary N) is 2. The molecule has 19 heavy (non-hydrogen) atoms. The number of carbonyl (C=O) groups is 2. The first-order valence-corrected chi connectivity index (χ1v) is 6.66. The standard InChI is InChI=1S/C13H18BrN3O2/c1-13(2,11(15)18)8-17-12(19)16-7-9-3-5-10(14)6-4-9/h3-6H,7-8H2,1-2H3,(H2,15,18)(H2,16,17,19). The van der Waals surface area contributed by atoms with Crippen molar-refractivity contribution in [1.82, 2.24) is 10.6 Å². The van der Waals surface area contributed by atoms with Gasteiger partial charge in [-0.15, -0.1) is 0 Å². The zero-order valence-electron chi connectivity index (χ0n) is 11.0. The fraction of sp³-hybridized carbons (Fsp3) is 0.385. The molecule has 104 valence electrons. The van der Waals surface area contributed by atoms with Gasteiger partial charge in [0.1, 0.15) is 0 Å². The van der Waals surface area contributed by atoms with Gasteiger partial charge >= 0.3 is 6.03 Å². The first-order chi connectivity index (χ1) is 8.81. The van der Waals surface area contributed by atoms with Crippen molar-refractivity contribution in [1.29, 1.82) is 0 Å². The monoisotopic (exact) mass is 327 g/mol. The maximum absolute atomic E-state index is 11.6. The van der Waals surface area contributed by atoms with E-state index in [0.717, 1.165) is 10.0 Å². The first-order valence-electron chi connectivity index (χ1n) is 5.87. The maximum atomic E-state index is 11.6. The first kappa shape index (κ1) is 15.5. The molecule has 0 spiro atoms. The molecule has 0 aliphatic rings. The van der Waals surface area contributed by atoms with Crippen molar-refractivity contribution in [2.24, 2.45) is 11.1 Å². The van der Waals surface area contributed by atoms with Crippen molar-refractivity contribution in [3.05, 3.63) is 34.3 Å². The Morgan fingerprint density at radius 2 is 1.79 bits per heavy atom. The lowest BCUT2D eigenvalue weighted by Gasteiger charge is -2.20. The van der Waals surface area contributed by atoms with Crippen LogP contribution in [0.25, 0.3) is 0 Å². The van der Waals surface area contributed by atoms with Crippen molar-refractivity contribution in [3.63, 3.8) is 0 Å². The average molecular weight is 328 g/mol. The predicted octanol–water partition coefficient (Wildman–Crippen LogP) is 1.76. The third kappa shape index (κ3) is 5.30. The number of hydrogen-bond donors (Lipinski definition) is 3. The molecular weight excluding hydrogens is 310 g/mol. The summed E-state index contributed by atoms with van der Waals surface area (Å²) in [6, 6.07) is 7.32. The van der Waals surface area contributed by atoms with Crippen LogP contribution < -0.4 is 16.4 Å². The molecule has 0 heterocycles. The Morgan fingerprint density at radius 3 is 2.32 bits per heavy atom. The Kier molecular flexibility index (Phi) is 5.35. The second-order valence-electron chi connectivity index (χ2n) is 4.91. The fourth-order valence-electron chi connectivity index (χ4n) is 1.24. The SMILES string of the molecule is CC(C)(CNC(=O)NCc1ccc(Br)cc1)C(N)=O. The molecule has 4 N–H and O–H groups in total. The Morgan fingerprint density at radius 1 is 1.21 bits per heavy atom. The van der Waals surface area contributed by atoms with Crippen LogP contribution in [0.1, 0.15) is 19.4 Å². The zero-order chi connectivity index (χ0) is 14.5. The van der Waals surface area contributed by atoms with Crippen LogP contribution in [0.2, 0.25) is 0 Å². The number of halogens is 1. The molecule has 1 rings (SSSR count). The molecule has 1 aromatic carbocycles. The summed E-state index contributed by atoms with van der Waals surface area (Å²) in [6.07, 6.45) is 0. The minimum absolute atomic E-state index is 0.203. The molecule has 0 aliphatic heterocycles. The van der Waals surface area contributed by atoms with E-state index in [0.29, 0.717) is 6.54 Å². The van der Waals surface area contributed by atoms with Crippen LogP contribution in [0.5, 0.6) is 0 Å². The normalized spacial score (nSPS) is 10.9. The Hall–Kier alpha value is -1.56. The van der Waals surface area contributed by atoms with Crippen LogP contribution in [-0.2, 0) is 11.3 Å². The van der Waals surface area contributed by atoms with Crippen LogP contribution in [0, 0.1) is 5.41 Å². The number of amides is 3. The van der Waals surface area contributed by atoms with Gasteiger partial charge in [0.25, 0.3) is 0 Å². The Bertz CT molecular complexity index is 457. The molecule has 3 amide bonds. The van der Waals surface area contributed by atoms with E-state index in [2.05, 4.69) is 26.6 Å². The lowest BCUT2D eigenvalue weighted by Crippen LogP contribution is -2.45. The third-order valence-electron chi connectivity index (χ3n) is 2.72. The zero-order valence-corrected chi connectivity index (χ0v) is 12.6. The van der Waals surface area contributed by atoms with E-state index >= 15 is 0 Å². The number of urea groups is 1. The summed E-state index contributed by atoms with van der Waals surface area (Å²) in [4.78, 5) is 22.7. The van der Waals surface area contributed by atoms with E-state index in [4.69, 9.17) is 5.73 Å². The highest BCUT2D eigenvalue weighted by molar-refractivity contribution is 9.10. The van der Waals surface area contributed by atoms with E-state index < -0.39 is 11.3 Å². The molecule has 0 saturated carbocycles. The summed E-state index contributed by atoms with van der Waals surface area (Å²) >= 11 is 3.34. The van der Waals surface area contributed by atoms with Gasteiger partial charge in [-0.05, 0) is 31.5 Å². The van der Waals surface area contributed by atoms with E-state index in [1.165, 1.54) is 0 Å². The highest BCUT2D eigenvalue weighted by Crippen LogP contribution is 2.12. The van der Waals surface area contributed by atoms with Gasteiger partial charge in [0, 0.05) is 17.6 Å². The van der Waals surface area contributed by atoms with Gasteiger partial charge in [0.15, 0.2) is 0 Å². The molecule has 0 bridgehead atoms. The summed E-state index contributed by atoms with van der Waals surface area (Å²) < 4.78 is 0.990. The second kappa shape index (κ2) is 6.56. The molecular formula is C13H18BrN3O2. The fourth-order valence-corrected chi connectivity index (χ4v) is 1.50. The summed E-state index contributed by atoms with van der Waals surface area (Å²) in [7, 11) is 0. The van der Waals surface area contributed by atoms with E-state index in [1.807, 2.05) is 24.3 Å². The number of rotatable bonds is 5. The van der Waals surface area contributed by atoms with Gasteiger partial charge in [-0.3, -0.25) is 4.79 Å². The topological polar surface area (TPSA) is 84.2 Å². The lowest BCUT2D eigenvalue weighted by molar-refractivity contribution is -0.125. The van der Waals surface area contributed by atoms with Crippen LogP contribution in [0.15, 0.2) is 28.7 Å². The van der Waals surface area contributed by atoms with Gasteiger partial charge in [-0.25, -0.2) is 4.79 Å². The van der Waals surface area contributed by atoms with Gasteiger partial charge in [-0.2, -0.15) is 0 Å². The molecule has 5 nitrogen and oxygen atoms in total. The third-order valence-corrected chi connectivity index (χ3v) is 3.25. The second-order valence-corrected chi connectivity index (χ2v) is 5.83. The van der Waals surface area contributed by atoms with Crippen molar-refractivity contribution in [2.45, 2.75) is 20.4 Å². The number of benzene rings is 1. The Labute approximate surface area is 121 Å². The Balaban J connectivity index is 2.36. The number of carbonyl (C=O) groups excluding carboxylic acids is 2. The van der Waals surface area contributed by atoms with Crippen LogP contribution in [0.4, 0.5) is 4.79 Å². The molecule has 0 atom stereocenters. The van der Waals surface area contributed by atoms with Crippen LogP contribution >= 0.6 is 15.9 Å². The van der Waals surface area contributed by atoms with Gasteiger partial charge in [0.2, 0.25) is 5.91 Å². The molecule has 0 radical (unpaired) electrons. The highest BCUT2D eigenvalue weighted by atomic mass is 79.9. The molecule has 1 aromatic rings. The number of nitrogens with two attached hydrogens (primary N) is 1. The summed E-state index contributed by atoms with van der Waals surface area (Å²) in [5.41, 5.74) is 5.46. The predicted molar refractivity (Wildman–Crippen MR) is 77.4 cm³/mol. The highest BCUT2D eigenvalue weighted by Gasteiger charge is 2.25. The number of hydrogen-bond acceptors (Lipinski definition) is 2. The number of primary amides is 1. The summed E-state index contributed by atoms with van der Waals surface area (Å²) in [5.74, 6) is -0.444. The minimum Gasteiger partial charge on any atom is -0.369 e. The molecule has 0 unspecified atom stereocenters. The molecule has 6 heteroatoms. The van der Waals surface area contributed by atoms with E-state index in [1.54, 1.807) is 13.8 Å². The van der Waals surface area contributed by atoms with Gasteiger partial charge < -0.3 is 16.4 Å². The lowest BCUT2D eigenvalue weighted by atomic mass is 9.93. The molecule has 0 aliphatic carbocycles. The van der Waals surface area contributed by atoms with E-state index in [-0.39, 0.29) is 12.6 Å². The molecule has 0 aromatic heterocycles. The largest absolute Gasteiger partial charge is 0.369 e. The van der Waals surface area contributed by atoms with Crippen molar-refractivity contribution >= 4 is 27.9 Å². The maximum Gasteiger partial charge on any atom is 0.315 e. The van der Waals surface area contributed by atoms with Crippen LogP contribution in [-0.4, -0.2) is 18.5 Å². The molecule has 0 fully saturated rings.